The minimum Gasteiger partial charge on any atom is -0.296 e. The summed E-state index contributed by atoms with van der Waals surface area (Å²) in [6.45, 7) is 2.06. The normalized spacial score (nSPS) is 10.4. The van der Waals surface area contributed by atoms with E-state index in [1.54, 1.807) is 5.51 Å². The topological polar surface area (TPSA) is 54.9 Å². The van der Waals surface area contributed by atoms with Crippen LogP contribution in [0.15, 0.2) is 16.0 Å². The Kier molecular flexibility index (Phi) is 3.67. The maximum absolute atomic E-state index is 11.8. The van der Waals surface area contributed by atoms with Crippen molar-refractivity contribution in [3.8, 4) is 0 Å². The molecule has 2 rings (SSSR count). The standard InChI is InChI=1S/C9H8BrN3OS2/c1-2-6-5(10)3-7(16-6)8(14)12-9-13-11-4-15-9/h3-4H,2H2,1H3,(H,12,13,14). The first-order valence-electron chi connectivity index (χ1n) is 4.56. The van der Waals surface area contributed by atoms with Crippen molar-refractivity contribution >= 4 is 49.6 Å². The molecule has 0 aliphatic rings. The van der Waals surface area contributed by atoms with Crippen molar-refractivity contribution in [1.29, 1.82) is 0 Å². The van der Waals surface area contributed by atoms with E-state index in [2.05, 4.69) is 38.4 Å². The third kappa shape index (κ3) is 2.47. The number of carbonyl (C=O) groups excluding carboxylic acids is 1. The van der Waals surface area contributed by atoms with Crippen LogP contribution < -0.4 is 5.32 Å². The summed E-state index contributed by atoms with van der Waals surface area (Å²) in [5.41, 5.74) is 1.58. The first-order valence-corrected chi connectivity index (χ1v) is 7.05. The molecule has 0 aromatic carbocycles. The van der Waals surface area contributed by atoms with Gasteiger partial charge < -0.3 is 0 Å². The summed E-state index contributed by atoms with van der Waals surface area (Å²) in [5.74, 6) is -0.137. The summed E-state index contributed by atoms with van der Waals surface area (Å²) >= 11 is 6.22. The smallest absolute Gasteiger partial charge is 0.267 e. The van der Waals surface area contributed by atoms with Crippen LogP contribution in [0, 0.1) is 0 Å². The highest BCUT2D eigenvalue weighted by atomic mass is 79.9. The molecule has 2 aromatic rings. The molecule has 84 valence electrons. The van der Waals surface area contributed by atoms with Gasteiger partial charge in [-0.3, -0.25) is 10.1 Å². The van der Waals surface area contributed by atoms with Crippen LogP contribution in [0.4, 0.5) is 5.13 Å². The van der Waals surface area contributed by atoms with Gasteiger partial charge in [0.2, 0.25) is 5.13 Å². The van der Waals surface area contributed by atoms with Gasteiger partial charge in [0.1, 0.15) is 5.51 Å². The van der Waals surface area contributed by atoms with E-state index in [1.165, 1.54) is 27.6 Å². The number of aromatic nitrogens is 2. The number of aryl methyl sites for hydroxylation is 1. The Hall–Kier alpha value is -0.790. The molecule has 2 heterocycles. The van der Waals surface area contributed by atoms with Gasteiger partial charge in [-0.15, -0.1) is 21.5 Å². The minimum atomic E-state index is -0.137. The quantitative estimate of drug-likeness (QED) is 0.946. The van der Waals surface area contributed by atoms with Gasteiger partial charge >= 0.3 is 0 Å². The molecule has 0 radical (unpaired) electrons. The van der Waals surface area contributed by atoms with Crippen molar-refractivity contribution in [3.63, 3.8) is 0 Å². The monoisotopic (exact) mass is 317 g/mol. The number of halogens is 1. The number of carbonyl (C=O) groups is 1. The molecule has 0 spiro atoms. The van der Waals surface area contributed by atoms with E-state index in [0.717, 1.165) is 10.9 Å². The van der Waals surface area contributed by atoms with Crippen LogP contribution in [0.5, 0.6) is 0 Å². The fourth-order valence-corrected chi connectivity index (χ4v) is 3.38. The lowest BCUT2D eigenvalue weighted by molar-refractivity contribution is 0.103. The van der Waals surface area contributed by atoms with Gasteiger partial charge in [0.15, 0.2) is 0 Å². The molecule has 0 aliphatic carbocycles. The lowest BCUT2D eigenvalue weighted by Gasteiger charge is -1.96. The van der Waals surface area contributed by atoms with Crippen LogP contribution in [0.1, 0.15) is 21.5 Å². The number of hydrogen-bond donors (Lipinski definition) is 1. The third-order valence-corrected chi connectivity index (χ3v) is 4.74. The first-order chi connectivity index (χ1) is 7.70. The van der Waals surface area contributed by atoms with Crippen LogP contribution >= 0.6 is 38.6 Å². The van der Waals surface area contributed by atoms with Crippen molar-refractivity contribution in [2.45, 2.75) is 13.3 Å². The van der Waals surface area contributed by atoms with E-state index >= 15 is 0 Å². The molecule has 2 aromatic heterocycles. The molecule has 1 N–H and O–H groups in total. The van der Waals surface area contributed by atoms with Gasteiger partial charge in [-0.2, -0.15) is 0 Å². The Balaban J connectivity index is 2.15. The minimum absolute atomic E-state index is 0.137. The molecule has 16 heavy (non-hydrogen) atoms. The largest absolute Gasteiger partial charge is 0.296 e. The number of anilines is 1. The lowest BCUT2D eigenvalue weighted by Crippen LogP contribution is -2.09. The molecule has 0 saturated heterocycles. The summed E-state index contributed by atoms with van der Waals surface area (Å²) in [6.07, 6.45) is 0.914. The highest BCUT2D eigenvalue weighted by molar-refractivity contribution is 9.10. The van der Waals surface area contributed by atoms with Crippen LogP contribution in [0.3, 0.4) is 0 Å². The van der Waals surface area contributed by atoms with E-state index in [-0.39, 0.29) is 5.91 Å². The van der Waals surface area contributed by atoms with Crippen molar-refractivity contribution in [3.05, 3.63) is 25.8 Å². The average Bonchev–Trinajstić information content (AvgIpc) is 2.87. The molecule has 0 unspecified atom stereocenters. The molecule has 7 heteroatoms. The zero-order valence-corrected chi connectivity index (χ0v) is 11.6. The Morgan fingerprint density at radius 3 is 3.00 bits per heavy atom. The number of thiophene rings is 1. The highest BCUT2D eigenvalue weighted by Gasteiger charge is 2.13. The summed E-state index contributed by atoms with van der Waals surface area (Å²) in [4.78, 5) is 13.7. The van der Waals surface area contributed by atoms with Crippen LogP contribution in [-0.2, 0) is 6.42 Å². The molecule has 4 nitrogen and oxygen atoms in total. The van der Waals surface area contributed by atoms with Gasteiger partial charge in [-0.1, -0.05) is 18.3 Å². The summed E-state index contributed by atoms with van der Waals surface area (Å²) in [5, 5.41) is 10.6. The van der Waals surface area contributed by atoms with E-state index in [4.69, 9.17) is 0 Å². The Morgan fingerprint density at radius 1 is 1.62 bits per heavy atom. The molecule has 0 bridgehead atoms. The second-order valence-electron chi connectivity index (χ2n) is 2.93. The first kappa shape index (κ1) is 11.7. The average molecular weight is 318 g/mol. The zero-order valence-electron chi connectivity index (χ0n) is 8.36. The Morgan fingerprint density at radius 2 is 2.44 bits per heavy atom. The number of nitrogens with zero attached hydrogens (tertiary/aromatic N) is 2. The van der Waals surface area contributed by atoms with Crippen molar-refractivity contribution in [1.82, 2.24) is 10.2 Å². The maximum Gasteiger partial charge on any atom is 0.267 e. The Labute approximate surface area is 109 Å². The molecular formula is C9H8BrN3OS2. The number of rotatable bonds is 3. The number of nitrogens with one attached hydrogen (secondary N) is 1. The summed E-state index contributed by atoms with van der Waals surface area (Å²) in [7, 11) is 0. The highest BCUT2D eigenvalue weighted by Crippen LogP contribution is 2.28. The maximum atomic E-state index is 11.8. The van der Waals surface area contributed by atoms with Crippen LogP contribution in [-0.4, -0.2) is 16.1 Å². The molecule has 0 fully saturated rings. The molecule has 0 atom stereocenters. The van der Waals surface area contributed by atoms with Gasteiger partial charge in [0, 0.05) is 9.35 Å². The summed E-state index contributed by atoms with van der Waals surface area (Å²) in [6, 6.07) is 1.83. The van der Waals surface area contributed by atoms with Crippen molar-refractivity contribution in [2.75, 3.05) is 5.32 Å². The van der Waals surface area contributed by atoms with Crippen molar-refractivity contribution < 1.29 is 4.79 Å². The third-order valence-electron chi connectivity index (χ3n) is 1.88. The van der Waals surface area contributed by atoms with Gasteiger partial charge in [0.25, 0.3) is 5.91 Å². The van der Waals surface area contributed by atoms with E-state index < -0.39 is 0 Å². The van der Waals surface area contributed by atoms with Crippen molar-refractivity contribution in [2.24, 2.45) is 0 Å². The lowest BCUT2D eigenvalue weighted by atomic mass is 10.3. The number of hydrogen-bond acceptors (Lipinski definition) is 5. The van der Waals surface area contributed by atoms with Crippen LogP contribution in [0.25, 0.3) is 0 Å². The SMILES string of the molecule is CCc1sc(C(=O)Nc2nncs2)cc1Br. The molecule has 0 aliphatic heterocycles. The Bertz CT molecular complexity index is 495. The zero-order chi connectivity index (χ0) is 11.5. The van der Waals surface area contributed by atoms with E-state index in [9.17, 15) is 4.79 Å². The van der Waals surface area contributed by atoms with Gasteiger partial charge in [-0.25, -0.2) is 0 Å². The number of amides is 1. The van der Waals surface area contributed by atoms with Gasteiger partial charge in [-0.05, 0) is 28.4 Å². The summed E-state index contributed by atoms with van der Waals surface area (Å²) < 4.78 is 0.988. The van der Waals surface area contributed by atoms with Gasteiger partial charge in [0.05, 0.1) is 4.88 Å². The second-order valence-corrected chi connectivity index (χ2v) is 5.76. The van der Waals surface area contributed by atoms with Crippen LogP contribution in [0.2, 0.25) is 0 Å². The predicted molar refractivity (Wildman–Crippen MR) is 69.3 cm³/mol. The fraction of sp³-hybridized carbons (Fsp3) is 0.222. The van der Waals surface area contributed by atoms with E-state index in [0.29, 0.717) is 10.0 Å². The molecular weight excluding hydrogens is 310 g/mol. The fourth-order valence-electron chi connectivity index (χ4n) is 1.15. The molecule has 0 saturated carbocycles. The predicted octanol–water partition coefficient (Wildman–Crippen LogP) is 3.18. The molecule has 1 amide bonds. The van der Waals surface area contributed by atoms with E-state index in [1.807, 2.05) is 6.07 Å². The second kappa shape index (κ2) is 5.03.